The highest BCUT2D eigenvalue weighted by Gasteiger charge is 2.26. The summed E-state index contributed by atoms with van der Waals surface area (Å²) in [5.41, 5.74) is 2.42. The molecule has 0 saturated carbocycles. The van der Waals surface area contributed by atoms with Crippen LogP contribution >= 0.6 is 11.6 Å². The predicted octanol–water partition coefficient (Wildman–Crippen LogP) is 3.06. The number of anilines is 1. The number of para-hydroxylation sites is 1. The van der Waals surface area contributed by atoms with Gasteiger partial charge in [0.2, 0.25) is 0 Å². The first-order chi connectivity index (χ1) is 9.13. The van der Waals surface area contributed by atoms with Gasteiger partial charge in [-0.2, -0.15) is 0 Å². The number of nitrogens with one attached hydrogen (secondary N) is 1. The summed E-state index contributed by atoms with van der Waals surface area (Å²) in [4.78, 5) is 2.38. The van der Waals surface area contributed by atoms with Crippen LogP contribution < -0.4 is 10.2 Å². The van der Waals surface area contributed by atoms with E-state index in [0.29, 0.717) is 6.04 Å². The van der Waals surface area contributed by atoms with Gasteiger partial charge in [0.1, 0.15) is 0 Å². The zero-order chi connectivity index (χ0) is 13.8. The van der Waals surface area contributed by atoms with E-state index in [9.17, 15) is 0 Å². The maximum absolute atomic E-state index is 6.44. The lowest BCUT2D eigenvalue weighted by atomic mass is 10.1. The molecule has 0 aliphatic carbocycles. The Balaban J connectivity index is 2.30. The summed E-state index contributed by atoms with van der Waals surface area (Å²) in [7, 11) is 0. The Morgan fingerprint density at radius 3 is 2.95 bits per heavy atom. The highest BCUT2D eigenvalue weighted by molar-refractivity contribution is 6.33. The van der Waals surface area contributed by atoms with E-state index in [0.717, 1.165) is 37.0 Å². The largest absolute Gasteiger partial charge is 0.375 e. The molecule has 1 aliphatic rings. The van der Waals surface area contributed by atoms with Gasteiger partial charge in [-0.15, -0.1) is 0 Å². The standard InChI is InChI=1S/C15H23ClN2O/c1-4-17-8-13-6-5-7-14(16)15(13)18-9-12(3)19-10-11(18)2/h5-7,11-12,17H,4,8-10H2,1-3H3. The Bertz CT molecular complexity index is 425. The predicted molar refractivity (Wildman–Crippen MR) is 81.1 cm³/mol. The summed E-state index contributed by atoms with van der Waals surface area (Å²) in [5.74, 6) is 0. The van der Waals surface area contributed by atoms with Gasteiger partial charge in [-0.1, -0.05) is 30.7 Å². The van der Waals surface area contributed by atoms with Crippen molar-refractivity contribution < 1.29 is 4.74 Å². The van der Waals surface area contributed by atoms with E-state index in [2.05, 4.69) is 37.1 Å². The second-order valence-electron chi connectivity index (χ2n) is 5.17. The van der Waals surface area contributed by atoms with Crippen LogP contribution in [-0.4, -0.2) is 31.8 Å². The summed E-state index contributed by atoms with van der Waals surface area (Å²) < 4.78 is 5.70. The maximum Gasteiger partial charge on any atom is 0.0723 e. The molecule has 4 heteroatoms. The number of morpholine rings is 1. The minimum atomic E-state index is 0.249. The molecule has 1 aromatic carbocycles. The Kier molecular flexibility index (Phi) is 5.08. The van der Waals surface area contributed by atoms with Crippen LogP contribution in [0.15, 0.2) is 18.2 Å². The average Bonchev–Trinajstić information content (AvgIpc) is 2.39. The first kappa shape index (κ1) is 14.6. The minimum absolute atomic E-state index is 0.249. The van der Waals surface area contributed by atoms with Crippen LogP contribution in [0.5, 0.6) is 0 Å². The van der Waals surface area contributed by atoms with Gasteiger partial charge in [0.15, 0.2) is 0 Å². The molecule has 0 spiro atoms. The fourth-order valence-electron chi connectivity index (χ4n) is 2.50. The molecule has 106 valence electrons. The highest BCUT2D eigenvalue weighted by atomic mass is 35.5. The highest BCUT2D eigenvalue weighted by Crippen LogP contribution is 2.33. The molecule has 1 N–H and O–H groups in total. The van der Waals surface area contributed by atoms with Crippen molar-refractivity contribution in [3.8, 4) is 0 Å². The van der Waals surface area contributed by atoms with Crippen molar-refractivity contribution in [2.24, 2.45) is 0 Å². The molecule has 1 fully saturated rings. The first-order valence-electron chi connectivity index (χ1n) is 6.99. The van der Waals surface area contributed by atoms with Crippen molar-refractivity contribution in [3.05, 3.63) is 28.8 Å². The summed E-state index contributed by atoms with van der Waals surface area (Å²) in [6, 6.07) is 6.50. The quantitative estimate of drug-likeness (QED) is 0.919. The molecule has 1 saturated heterocycles. The molecule has 3 nitrogen and oxygen atoms in total. The molecule has 0 bridgehead atoms. The number of nitrogens with zero attached hydrogens (tertiary/aromatic N) is 1. The van der Waals surface area contributed by atoms with E-state index in [1.54, 1.807) is 0 Å². The normalized spacial score (nSPS) is 23.7. The van der Waals surface area contributed by atoms with Gasteiger partial charge in [-0.05, 0) is 32.0 Å². The molecule has 1 aliphatic heterocycles. The van der Waals surface area contributed by atoms with Crippen molar-refractivity contribution in [1.29, 1.82) is 0 Å². The fraction of sp³-hybridized carbons (Fsp3) is 0.600. The molecule has 0 amide bonds. The van der Waals surface area contributed by atoms with Gasteiger partial charge >= 0.3 is 0 Å². The molecule has 2 rings (SSSR count). The van der Waals surface area contributed by atoms with Gasteiger partial charge in [0.05, 0.1) is 23.4 Å². The molecule has 0 radical (unpaired) electrons. The van der Waals surface area contributed by atoms with Crippen molar-refractivity contribution in [3.63, 3.8) is 0 Å². The lowest BCUT2D eigenvalue weighted by molar-refractivity contribution is 0.0343. The number of rotatable bonds is 4. The zero-order valence-corrected chi connectivity index (χ0v) is 12.7. The summed E-state index contributed by atoms with van der Waals surface area (Å²) in [6.45, 7) is 9.87. The number of ether oxygens (including phenoxy) is 1. The van der Waals surface area contributed by atoms with Crippen molar-refractivity contribution in [2.75, 3.05) is 24.6 Å². The van der Waals surface area contributed by atoms with E-state index >= 15 is 0 Å². The third-order valence-electron chi connectivity index (χ3n) is 3.53. The molecular weight excluding hydrogens is 260 g/mol. The summed E-state index contributed by atoms with van der Waals surface area (Å²) in [5, 5.41) is 4.21. The van der Waals surface area contributed by atoms with E-state index in [4.69, 9.17) is 16.3 Å². The number of hydrogen-bond donors (Lipinski definition) is 1. The van der Waals surface area contributed by atoms with Crippen molar-refractivity contribution in [2.45, 2.75) is 39.5 Å². The molecule has 1 aromatic rings. The van der Waals surface area contributed by atoms with E-state index in [1.165, 1.54) is 5.56 Å². The van der Waals surface area contributed by atoms with Gasteiger partial charge in [0.25, 0.3) is 0 Å². The summed E-state index contributed by atoms with van der Waals surface area (Å²) in [6.07, 6.45) is 0.249. The van der Waals surface area contributed by atoms with Gasteiger partial charge < -0.3 is 15.0 Å². The second kappa shape index (κ2) is 6.60. The average molecular weight is 283 g/mol. The van der Waals surface area contributed by atoms with Gasteiger partial charge in [0, 0.05) is 19.1 Å². The second-order valence-corrected chi connectivity index (χ2v) is 5.58. The zero-order valence-electron chi connectivity index (χ0n) is 11.9. The van der Waals surface area contributed by atoms with Crippen LogP contribution in [0.2, 0.25) is 5.02 Å². The van der Waals surface area contributed by atoms with Gasteiger partial charge in [-0.3, -0.25) is 0 Å². The molecule has 1 heterocycles. The molecule has 2 unspecified atom stereocenters. The Hall–Kier alpha value is -0.770. The van der Waals surface area contributed by atoms with Crippen molar-refractivity contribution in [1.82, 2.24) is 5.32 Å². The monoisotopic (exact) mass is 282 g/mol. The Labute approximate surface area is 120 Å². The van der Waals surface area contributed by atoms with Crippen LogP contribution in [0.4, 0.5) is 5.69 Å². The van der Waals surface area contributed by atoms with Crippen LogP contribution in [-0.2, 0) is 11.3 Å². The van der Waals surface area contributed by atoms with Crippen LogP contribution in [0.3, 0.4) is 0 Å². The lowest BCUT2D eigenvalue weighted by Crippen LogP contribution is -2.48. The maximum atomic E-state index is 6.44. The smallest absolute Gasteiger partial charge is 0.0723 e. The van der Waals surface area contributed by atoms with Crippen LogP contribution in [0.1, 0.15) is 26.3 Å². The van der Waals surface area contributed by atoms with Crippen LogP contribution in [0, 0.1) is 0 Å². The third-order valence-corrected chi connectivity index (χ3v) is 3.84. The molecular formula is C15H23ClN2O. The third kappa shape index (κ3) is 3.41. The van der Waals surface area contributed by atoms with E-state index < -0.39 is 0 Å². The van der Waals surface area contributed by atoms with Crippen molar-refractivity contribution >= 4 is 17.3 Å². The Morgan fingerprint density at radius 2 is 2.21 bits per heavy atom. The van der Waals surface area contributed by atoms with Gasteiger partial charge in [-0.25, -0.2) is 0 Å². The van der Waals surface area contributed by atoms with E-state index in [-0.39, 0.29) is 6.10 Å². The number of benzene rings is 1. The number of halogens is 1. The SMILES string of the molecule is CCNCc1cccc(Cl)c1N1CC(C)OCC1C. The molecule has 19 heavy (non-hydrogen) atoms. The number of hydrogen-bond acceptors (Lipinski definition) is 3. The lowest BCUT2D eigenvalue weighted by Gasteiger charge is -2.40. The minimum Gasteiger partial charge on any atom is -0.375 e. The Morgan fingerprint density at radius 1 is 1.42 bits per heavy atom. The topological polar surface area (TPSA) is 24.5 Å². The summed E-state index contributed by atoms with van der Waals surface area (Å²) >= 11 is 6.44. The first-order valence-corrected chi connectivity index (χ1v) is 7.37. The molecule has 2 atom stereocenters. The van der Waals surface area contributed by atoms with E-state index in [1.807, 2.05) is 12.1 Å². The molecule has 0 aromatic heterocycles. The van der Waals surface area contributed by atoms with Crippen LogP contribution in [0.25, 0.3) is 0 Å². The fourth-order valence-corrected chi connectivity index (χ4v) is 2.80.